The van der Waals surface area contributed by atoms with Crippen molar-refractivity contribution >= 4 is 5.91 Å². The molecule has 0 radical (unpaired) electrons. The lowest BCUT2D eigenvalue weighted by atomic mass is 10.1. The molecule has 4 heteroatoms. The van der Waals surface area contributed by atoms with Crippen LogP contribution in [0.5, 0.6) is 5.75 Å². The zero-order valence-corrected chi connectivity index (χ0v) is 10.4. The number of hydrogen-bond acceptors (Lipinski definition) is 3. The van der Waals surface area contributed by atoms with Gasteiger partial charge in [-0.15, -0.1) is 0 Å². The summed E-state index contributed by atoms with van der Waals surface area (Å²) in [6.07, 6.45) is -0.756. The van der Waals surface area contributed by atoms with E-state index in [-0.39, 0.29) is 18.4 Å². The smallest absolute Gasteiger partial charge is 0.222 e. The van der Waals surface area contributed by atoms with Crippen LogP contribution in [0.4, 0.5) is 0 Å². The molecule has 17 heavy (non-hydrogen) atoms. The molecule has 0 aliphatic carbocycles. The molecule has 0 saturated heterocycles. The van der Waals surface area contributed by atoms with Gasteiger partial charge in [-0.05, 0) is 6.07 Å². The molecule has 0 bridgehead atoms. The van der Waals surface area contributed by atoms with Gasteiger partial charge in [0.2, 0.25) is 5.91 Å². The molecule has 94 valence electrons. The first-order valence-electron chi connectivity index (χ1n) is 5.65. The lowest BCUT2D eigenvalue weighted by Gasteiger charge is -2.16. The molecule has 4 nitrogen and oxygen atoms in total. The van der Waals surface area contributed by atoms with Gasteiger partial charge in [0.1, 0.15) is 5.75 Å². The number of carbonyl (C=O) groups is 1. The quantitative estimate of drug-likeness (QED) is 0.816. The number of amides is 1. The van der Waals surface area contributed by atoms with Crippen molar-refractivity contribution in [2.75, 3.05) is 13.7 Å². The van der Waals surface area contributed by atoms with Gasteiger partial charge in [0, 0.05) is 18.0 Å². The zero-order chi connectivity index (χ0) is 12.8. The Morgan fingerprint density at radius 2 is 2.06 bits per heavy atom. The van der Waals surface area contributed by atoms with E-state index >= 15 is 0 Å². The largest absolute Gasteiger partial charge is 0.496 e. The van der Waals surface area contributed by atoms with Crippen LogP contribution >= 0.6 is 0 Å². The zero-order valence-electron chi connectivity index (χ0n) is 10.4. The Kier molecular flexibility index (Phi) is 4.97. The van der Waals surface area contributed by atoms with Crippen LogP contribution in [0.2, 0.25) is 0 Å². The van der Waals surface area contributed by atoms with E-state index < -0.39 is 6.10 Å². The first kappa shape index (κ1) is 13.5. The Labute approximate surface area is 102 Å². The molecular weight excluding hydrogens is 218 g/mol. The average Bonchev–Trinajstić information content (AvgIpc) is 2.35. The van der Waals surface area contributed by atoms with E-state index in [9.17, 15) is 9.90 Å². The van der Waals surface area contributed by atoms with Crippen molar-refractivity contribution in [2.45, 2.75) is 20.0 Å². The summed E-state index contributed by atoms with van der Waals surface area (Å²) in [5.41, 5.74) is 0.680. The van der Waals surface area contributed by atoms with Crippen LogP contribution in [0.3, 0.4) is 0 Å². The normalized spacial score (nSPS) is 12.3. The van der Waals surface area contributed by atoms with Gasteiger partial charge in [0.05, 0.1) is 13.2 Å². The van der Waals surface area contributed by atoms with E-state index in [1.54, 1.807) is 19.2 Å². The summed E-state index contributed by atoms with van der Waals surface area (Å²) in [7, 11) is 1.55. The number of aliphatic hydroxyl groups excluding tert-OH is 1. The van der Waals surface area contributed by atoms with Crippen LogP contribution in [0.1, 0.15) is 25.5 Å². The number of carbonyl (C=O) groups excluding carboxylic acids is 1. The maximum Gasteiger partial charge on any atom is 0.222 e. The minimum atomic E-state index is -0.756. The molecular formula is C13H19NO3. The fourth-order valence-electron chi connectivity index (χ4n) is 1.45. The molecule has 1 amide bonds. The van der Waals surface area contributed by atoms with Gasteiger partial charge in [0.15, 0.2) is 0 Å². The third-order valence-corrected chi connectivity index (χ3v) is 2.49. The number of ether oxygens (including phenoxy) is 1. The third kappa shape index (κ3) is 3.75. The highest BCUT2D eigenvalue weighted by molar-refractivity contribution is 5.77. The number of hydrogen-bond donors (Lipinski definition) is 2. The summed E-state index contributed by atoms with van der Waals surface area (Å²) in [4.78, 5) is 11.4. The predicted molar refractivity (Wildman–Crippen MR) is 65.8 cm³/mol. The van der Waals surface area contributed by atoms with Crippen molar-refractivity contribution in [3.63, 3.8) is 0 Å². The fraction of sp³-hybridized carbons (Fsp3) is 0.462. The number of aliphatic hydroxyl groups is 1. The molecule has 0 fully saturated rings. The van der Waals surface area contributed by atoms with Gasteiger partial charge in [-0.25, -0.2) is 0 Å². The second-order valence-electron chi connectivity index (χ2n) is 4.16. The third-order valence-electron chi connectivity index (χ3n) is 2.49. The summed E-state index contributed by atoms with van der Waals surface area (Å²) in [5.74, 6) is 0.470. The van der Waals surface area contributed by atoms with Crippen molar-refractivity contribution in [1.82, 2.24) is 5.32 Å². The molecule has 0 spiro atoms. The highest BCUT2D eigenvalue weighted by Gasteiger charge is 2.14. The maximum atomic E-state index is 11.4. The number of para-hydroxylation sites is 1. The van der Waals surface area contributed by atoms with E-state index in [1.807, 2.05) is 26.0 Å². The highest BCUT2D eigenvalue weighted by atomic mass is 16.5. The molecule has 1 unspecified atom stereocenters. The summed E-state index contributed by atoms with van der Waals surface area (Å²) >= 11 is 0. The lowest BCUT2D eigenvalue weighted by Crippen LogP contribution is -2.31. The molecule has 1 rings (SSSR count). The van der Waals surface area contributed by atoms with Crippen molar-refractivity contribution in [2.24, 2.45) is 5.92 Å². The molecule has 0 heterocycles. The Bertz CT molecular complexity index is 377. The van der Waals surface area contributed by atoms with Crippen LogP contribution in [0, 0.1) is 5.92 Å². The number of rotatable bonds is 5. The average molecular weight is 237 g/mol. The predicted octanol–water partition coefficient (Wildman–Crippen LogP) is 1.50. The summed E-state index contributed by atoms with van der Waals surface area (Å²) in [6, 6.07) is 7.22. The Morgan fingerprint density at radius 3 is 2.65 bits per heavy atom. The van der Waals surface area contributed by atoms with Gasteiger partial charge in [-0.1, -0.05) is 32.0 Å². The summed E-state index contributed by atoms with van der Waals surface area (Å²) in [5, 5.41) is 12.7. The van der Waals surface area contributed by atoms with E-state index in [0.29, 0.717) is 11.3 Å². The maximum absolute atomic E-state index is 11.4. The van der Waals surface area contributed by atoms with E-state index in [4.69, 9.17) is 4.74 Å². The standard InChI is InChI=1S/C13H19NO3/c1-9(2)13(16)14-8-11(15)10-6-4-5-7-12(10)17-3/h4-7,9,11,15H,8H2,1-3H3,(H,14,16). The molecule has 1 atom stereocenters. The Morgan fingerprint density at radius 1 is 1.41 bits per heavy atom. The first-order chi connectivity index (χ1) is 8.06. The van der Waals surface area contributed by atoms with Gasteiger partial charge in [-0.2, -0.15) is 0 Å². The SMILES string of the molecule is COc1ccccc1C(O)CNC(=O)C(C)C. The molecule has 2 N–H and O–H groups in total. The second kappa shape index (κ2) is 6.25. The Hall–Kier alpha value is -1.55. The van der Waals surface area contributed by atoms with Crippen LogP contribution in [-0.4, -0.2) is 24.7 Å². The van der Waals surface area contributed by atoms with E-state index in [2.05, 4.69) is 5.32 Å². The van der Waals surface area contributed by atoms with Crippen LogP contribution < -0.4 is 10.1 Å². The molecule has 0 saturated carbocycles. The van der Waals surface area contributed by atoms with E-state index in [1.165, 1.54) is 0 Å². The van der Waals surface area contributed by atoms with Gasteiger partial charge < -0.3 is 15.2 Å². The first-order valence-corrected chi connectivity index (χ1v) is 5.65. The minimum absolute atomic E-state index is 0.0704. The number of nitrogens with one attached hydrogen (secondary N) is 1. The van der Waals surface area contributed by atoms with Gasteiger partial charge >= 0.3 is 0 Å². The molecule has 0 aliphatic heterocycles. The monoisotopic (exact) mass is 237 g/mol. The van der Waals surface area contributed by atoms with Crippen molar-refractivity contribution in [3.8, 4) is 5.75 Å². The van der Waals surface area contributed by atoms with Crippen LogP contribution in [-0.2, 0) is 4.79 Å². The Balaban J connectivity index is 2.63. The topological polar surface area (TPSA) is 58.6 Å². The van der Waals surface area contributed by atoms with Gasteiger partial charge in [0.25, 0.3) is 0 Å². The lowest BCUT2D eigenvalue weighted by molar-refractivity contribution is -0.124. The van der Waals surface area contributed by atoms with Crippen LogP contribution in [0.15, 0.2) is 24.3 Å². The van der Waals surface area contributed by atoms with Gasteiger partial charge in [-0.3, -0.25) is 4.79 Å². The molecule has 0 aliphatic rings. The fourth-order valence-corrected chi connectivity index (χ4v) is 1.45. The molecule has 0 aromatic heterocycles. The minimum Gasteiger partial charge on any atom is -0.496 e. The number of methoxy groups -OCH3 is 1. The summed E-state index contributed by atoms with van der Waals surface area (Å²) < 4.78 is 5.15. The highest BCUT2D eigenvalue weighted by Crippen LogP contribution is 2.23. The van der Waals surface area contributed by atoms with Crippen molar-refractivity contribution in [1.29, 1.82) is 0 Å². The molecule has 1 aromatic carbocycles. The van der Waals surface area contributed by atoms with Crippen LogP contribution in [0.25, 0.3) is 0 Å². The van der Waals surface area contributed by atoms with E-state index in [0.717, 1.165) is 0 Å². The molecule has 1 aromatic rings. The number of benzene rings is 1. The van der Waals surface area contributed by atoms with Crippen molar-refractivity contribution in [3.05, 3.63) is 29.8 Å². The second-order valence-corrected chi connectivity index (χ2v) is 4.16. The van der Waals surface area contributed by atoms with Crippen molar-refractivity contribution < 1.29 is 14.6 Å². The summed E-state index contributed by atoms with van der Waals surface area (Å²) in [6.45, 7) is 3.81.